The highest BCUT2D eigenvalue weighted by Gasteiger charge is 2.20. The summed E-state index contributed by atoms with van der Waals surface area (Å²) in [5, 5.41) is 5.01. The lowest BCUT2D eigenvalue weighted by Gasteiger charge is -2.37. The lowest BCUT2D eigenvalue weighted by Crippen LogP contribution is -2.50. The second-order valence-electron chi connectivity index (χ2n) is 6.30. The number of halogens is 2. The third-order valence-corrected chi connectivity index (χ3v) is 5.58. The van der Waals surface area contributed by atoms with E-state index in [1.54, 1.807) is 19.1 Å². The first-order valence-electron chi connectivity index (χ1n) is 9.01. The molecule has 1 N–H and O–H groups in total. The maximum absolute atomic E-state index is 11.7. The molecule has 28 heavy (non-hydrogen) atoms. The first kappa shape index (κ1) is 20.7. The van der Waals surface area contributed by atoms with Gasteiger partial charge in [0.05, 0.1) is 22.2 Å². The maximum Gasteiger partial charge on any atom is 0.338 e. The van der Waals surface area contributed by atoms with Crippen LogP contribution in [0.2, 0.25) is 10.0 Å². The summed E-state index contributed by atoms with van der Waals surface area (Å²) in [5.74, 6) is -0.324. The lowest BCUT2D eigenvalue weighted by molar-refractivity contribution is 0.0526. The third-order valence-electron chi connectivity index (χ3n) is 4.48. The van der Waals surface area contributed by atoms with Crippen molar-refractivity contribution in [3.05, 3.63) is 58.1 Å². The van der Waals surface area contributed by atoms with Gasteiger partial charge < -0.3 is 19.9 Å². The Hall–Kier alpha value is -2.02. The fourth-order valence-electron chi connectivity index (χ4n) is 2.96. The largest absolute Gasteiger partial charge is 0.462 e. The summed E-state index contributed by atoms with van der Waals surface area (Å²) in [6.07, 6.45) is 0. The van der Waals surface area contributed by atoms with E-state index in [9.17, 15) is 4.79 Å². The van der Waals surface area contributed by atoms with Crippen LogP contribution in [0.3, 0.4) is 0 Å². The summed E-state index contributed by atoms with van der Waals surface area (Å²) in [4.78, 5) is 16.1. The van der Waals surface area contributed by atoms with Crippen molar-refractivity contribution in [2.45, 2.75) is 6.92 Å². The second kappa shape index (κ2) is 9.45. The van der Waals surface area contributed by atoms with Crippen molar-refractivity contribution >= 4 is 57.9 Å². The van der Waals surface area contributed by atoms with Gasteiger partial charge in [-0.1, -0.05) is 23.2 Å². The fourth-order valence-corrected chi connectivity index (χ4v) is 3.55. The summed E-state index contributed by atoms with van der Waals surface area (Å²) in [6, 6.07) is 12.8. The van der Waals surface area contributed by atoms with E-state index in [1.807, 2.05) is 30.3 Å². The van der Waals surface area contributed by atoms with E-state index in [0.717, 1.165) is 37.6 Å². The number of esters is 1. The zero-order chi connectivity index (χ0) is 20.1. The SMILES string of the molecule is CCOC(=O)c1ccc(NC(=S)N2CCN(c3ccc(Cl)c(Cl)c3)CC2)cc1. The second-order valence-corrected chi connectivity index (χ2v) is 7.50. The molecule has 1 heterocycles. The number of rotatable bonds is 4. The third kappa shape index (κ3) is 5.07. The zero-order valence-corrected chi connectivity index (χ0v) is 17.8. The summed E-state index contributed by atoms with van der Waals surface area (Å²) >= 11 is 17.7. The van der Waals surface area contributed by atoms with Gasteiger partial charge in [0.15, 0.2) is 5.11 Å². The van der Waals surface area contributed by atoms with Gasteiger partial charge in [-0.3, -0.25) is 0 Å². The van der Waals surface area contributed by atoms with E-state index in [2.05, 4.69) is 15.1 Å². The van der Waals surface area contributed by atoms with Crippen LogP contribution < -0.4 is 10.2 Å². The lowest BCUT2D eigenvalue weighted by atomic mass is 10.2. The number of carbonyl (C=O) groups excluding carboxylic acids is 1. The van der Waals surface area contributed by atoms with Crippen molar-refractivity contribution in [3.63, 3.8) is 0 Å². The summed E-state index contributed by atoms with van der Waals surface area (Å²) in [7, 11) is 0. The van der Waals surface area contributed by atoms with Gasteiger partial charge in [0.1, 0.15) is 0 Å². The number of ether oxygens (including phenoxy) is 1. The molecular formula is C20H21Cl2N3O2S. The summed E-state index contributed by atoms with van der Waals surface area (Å²) in [5.41, 5.74) is 2.42. The van der Waals surface area contributed by atoms with Crippen LogP contribution >= 0.6 is 35.4 Å². The van der Waals surface area contributed by atoms with Crippen molar-refractivity contribution in [3.8, 4) is 0 Å². The molecule has 0 saturated carbocycles. The van der Waals surface area contributed by atoms with Gasteiger partial charge in [-0.2, -0.15) is 0 Å². The van der Waals surface area contributed by atoms with Crippen LogP contribution in [-0.2, 0) is 4.74 Å². The highest BCUT2D eigenvalue weighted by molar-refractivity contribution is 7.80. The molecule has 0 bridgehead atoms. The molecule has 148 valence electrons. The van der Waals surface area contributed by atoms with Crippen molar-refractivity contribution in [1.29, 1.82) is 0 Å². The summed E-state index contributed by atoms with van der Waals surface area (Å²) in [6.45, 7) is 5.41. The van der Waals surface area contributed by atoms with Crippen molar-refractivity contribution in [2.75, 3.05) is 43.0 Å². The van der Waals surface area contributed by atoms with E-state index >= 15 is 0 Å². The van der Waals surface area contributed by atoms with Gasteiger partial charge in [0.2, 0.25) is 0 Å². The molecule has 0 unspecified atom stereocenters. The van der Waals surface area contributed by atoms with Gasteiger partial charge in [-0.15, -0.1) is 0 Å². The smallest absolute Gasteiger partial charge is 0.338 e. The Balaban J connectivity index is 1.53. The van der Waals surface area contributed by atoms with Crippen LogP contribution in [-0.4, -0.2) is 48.8 Å². The van der Waals surface area contributed by atoms with Crippen molar-refractivity contribution in [1.82, 2.24) is 4.90 Å². The van der Waals surface area contributed by atoms with E-state index in [1.165, 1.54) is 0 Å². The highest BCUT2D eigenvalue weighted by Crippen LogP contribution is 2.27. The molecule has 0 atom stereocenters. The van der Waals surface area contributed by atoms with Gasteiger partial charge in [-0.05, 0) is 61.6 Å². The minimum absolute atomic E-state index is 0.324. The number of anilines is 2. The summed E-state index contributed by atoms with van der Waals surface area (Å²) < 4.78 is 4.99. The van der Waals surface area contributed by atoms with E-state index in [0.29, 0.717) is 27.3 Å². The van der Waals surface area contributed by atoms with Crippen LogP contribution in [0.1, 0.15) is 17.3 Å². The standard InChI is InChI=1S/C20H21Cl2N3O2S/c1-2-27-19(26)14-3-5-15(6-4-14)23-20(28)25-11-9-24(10-12-25)16-7-8-17(21)18(22)13-16/h3-8,13H,2,9-12H2,1H3,(H,23,28). The number of piperazine rings is 1. The first-order chi connectivity index (χ1) is 13.5. The predicted molar refractivity (Wildman–Crippen MR) is 119 cm³/mol. The number of carbonyl (C=O) groups is 1. The quantitative estimate of drug-likeness (QED) is 0.552. The number of nitrogens with one attached hydrogen (secondary N) is 1. The molecule has 3 rings (SSSR count). The average molecular weight is 438 g/mol. The van der Waals surface area contributed by atoms with Crippen LogP contribution in [0.4, 0.5) is 11.4 Å². The van der Waals surface area contributed by atoms with Crippen molar-refractivity contribution in [2.24, 2.45) is 0 Å². The molecule has 0 aliphatic carbocycles. The van der Waals surface area contributed by atoms with Crippen LogP contribution in [0.25, 0.3) is 0 Å². The van der Waals surface area contributed by atoms with Gasteiger partial charge in [-0.25, -0.2) is 4.79 Å². The molecule has 1 fully saturated rings. The molecule has 1 aliphatic rings. The predicted octanol–water partition coefficient (Wildman–Crippen LogP) is 4.69. The molecular weight excluding hydrogens is 417 g/mol. The Labute approximate surface area is 180 Å². The molecule has 2 aromatic carbocycles. The molecule has 5 nitrogen and oxygen atoms in total. The van der Waals surface area contributed by atoms with E-state index < -0.39 is 0 Å². The van der Waals surface area contributed by atoms with Gasteiger partial charge in [0, 0.05) is 37.6 Å². The number of benzene rings is 2. The zero-order valence-electron chi connectivity index (χ0n) is 15.5. The normalized spacial score (nSPS) is 14.0. The van der Waals surface area contributed by atoms with Crippen LogP contribution in [0.5, 0.6) is 0 Å². The van der Waals surface area contributed by atoms with Crippen LogP contribution in [0.15, 0.2) is 42.5 Å². The Morgan fingerprint density at radius 1 is 1.07 bits per heavy atom. The highest BCUT2D eigenvalue weighted by atomic mass is 35.5. The topological polar surface area (TPSA) is 44.8 Å². The molecule has 0 spiro atoms. The Morgan fingerprint density at radius 3 is 2.36 bits per heavy atom. The van der Waals surface area contributed by atoms with Gasteiger partial charge in [0.25, 0.3) is 0 Å². The molecule has 1 aliphatic heterocycles. The van der Waals surface area contributed by atoms with E-state index in [-0.39, 0.29) is 5.97 Å². The average Bonchev–Trinajstić information content (AvgIpc) is 2.71. The molecule has 1 saturated heterocycles. The first-order valence-corrected chi connectivity index (χ1v) is 10.2. The number of hydrogen-bond donors (Lipinski definition) is 1. The minimum atomic E-state index is -0.324. The monoisotopic (exact) mass is 437 g/mol. The maximum atomic E-state index is 11.7. The molecule has 0 radical (unpaired) electrons. The van der Waals surface area contributed by atoms with Crippen LogP contribution in [0, 0.1) is 0 Å². The fraction of sp³-hybridized carbons (Fsp3) is 0.300. The Bertz CT molecular complexity index is 853. The molecule has 0 aromatic heterocycles. The van der Waals surface area contributed by atoms with Crippen molar-refractivity contribution < 1.29 is 9.53 Å². The van der Waals surface area contributed by atoms with E-state index in [4.69, 9.17) is 40.2 Å². The number of nitrogens with zero attached hydrogens (tertiary/aromatic N) is 2. The Kier molecular flexibility index (Phi) is 6.99. The molecule has 0 amide bonds. The molecule has 2 aromatic rings. The number of thiocarbonyl (C=S) groups is 1. The van der Waals surface area contributed by atoms with Gasteiger partial charge >= 0.3 is 5.97 Å². The molecule has 8 heteroatoms. The Morgan fingerprint density at radius 2 is 1.75 bits per heavy atom. The minimum Gasteiger partial charge on any atom is -0.462 e. The number of hydrogen-bond acceptors (Lipinski definition) is 4.